The second-order valence-electron chi connectivity index (χ2n) is 8.95. The molecule has 0 saturated carbocycles. The molecule has 1 fully saturated rings. The number of piperidine rings is 1. The van der Waals surface area contributed by atoms with Crippen LogP contribution in [0.15, 0.2) is 41.8 Å². The lowest BCUT2D eigenvalue weighted by atomic mass is 9.73. The molecule has 2 aromatic rings. The zero-order valence-corrected chi connectivity index (χ0v) is 19.0. The first-order valence-corrected chi connectivity index (χ1v) is 11.2. The van der Waals surface area contributed by atoms with Crippen LogP contribution in [0.25, 0.3) is 0 Å². The van der Waals surface area contributed by atoms with Gasteiger partial charge in [0.2, 0.25) is 11.8 Å². The summed E-state index contributed by atoms with van der Waals surface area (Å²) in [7, 11) is 1.90. The van der Waals surface area contributed by atoms with Crippen LogP contribution >= 0.6 is 0 Å². The van der Waals surface area contributed by atoms with Crippen molar-refractivity contribution in [3.05, 3.63) is 53.6 Å². The van der Waals surface area contributed by atoms with Crippen molar-refractivity contribution < 1.29 is 14.4 Å². The lowest BCUT2D eigenvalue weighted by Gasteiger charge is -2.42. The number of carbonyl (C=O) groups excluding carboxylic acids is 2. The van der Waals surface area contributed by atoms with Crippen LogP contribution < -0.4 is 5.32 Å². The fraction of sp³-hybridized carbons (Fsp3) is 0.500. The Morgan fingerprint density at radius 2 is 2.12 bits per heavy atom. The van der Waals surface area contributed by atoms with Crippen molar-refractivity contribution in [1.29, 1.82) is 0 Å². The summed E-state index contributed by atoms with van der Waals surface area (Å²) in [5.74, 6) is 0.726. The molecule has 2 aliphatic rings. The van der Waals surface area contributed by atoms with Crippen molar-refractivity contribution >= 4 is 17.5 Å². The largest absolute Gasteiger partial charge is 0.392 e. The van der Waals surface area contributed by atoms with Crippen molar-refractivity contribution in [3.63, 3.8) is 0 Å². The maximum absolute atomic E-state index is 13.5. The number of nitrogens with one attached hydrogen (secondary N) is 1. The van der Waals surface area contributed by atoms with Crippen LogP contribution in [0.3, 0.4) is 0 Å². The summed E-state index contributed by atoms with van der Waals surface area (Å²) in [4.78, 5) is 37.5. The number of hydrogen-bond acceptors (Lipinski definition) is 5. The molecule has 0 bridgehead atoms. The number of aromatic nitrogens is 2. The van der Waals surface area contributed by atoms with Crippen molar-refractivity contribution in [3.8, 4) is 0 Å². The third kappa shape index (κ3) is 4.54. The second kappa shape index (κ2) is 9.14. The molecule has 2 aliphatic heterocycles. The Morgan fingerprint density at radius 1 is 1.31 bits per heavy atom. The van der Waals surface area contributed by atoms with Crippen LogP contribution in [0.1, 0.15) is 49.6 Å². The van der Waals surface area contributed by atoms with Gasteiger partial charge >= 0.3 is 0 Å². The number of imidazole rings is 1. The number of hydrogen-bond donors (Lipinski definition) is 1. The van der Waals surface area contributed by atoms with Gasteiger partial charge in [0, 0.05) is 57.9 Å². The number of amides is 2. The molecule has 0 aliphatic carbocycles. The Bertz CT molecular complexity index is 1030. The van der Waals surface area contributed by atoms with Crippen LogP contribution in [-0.4, -0.2) is 51.2 Å². The molecule has 8 nitrogen and oxygen atoms in total. The SMILES string of the molecule is CC(=O)N1CCCC(CC2CC(c3ccccc3C)=NO2)(C(=O)NCc2nccn2C)C1. The highest BCUT2D eigenvalue weighted by atomic mass is 16.6. The van der Waals surface area contributed by atoms with Crippen LogP contribution in [-0.2, 0) is 28.0 Å². The standard InChI is InChI=1S/C24H31N5O3/c1-17-7-4-5-8-20(17)21-13-19(32-27-21)14-24(9-6-11-29(16-24)18(2)30)23(31)26-15-22-25-10-12-28(22)3/h4-5,7-8,10,12,19H,6,9,11,13-16H2,1-3H3,(H,26,31). The minimum Gasteiger partial charge on any atom is -0.392 e. The maximum Gasteiger partial charge on any atom is 0.228 e. The molecule has 2 atom stereocenters. The Kier molecular flexibility index (Phi) is 6.30. The normalized spacial score (nSPS) is 22.9. The van der Waals surface area contributed by atoms with Crippen LogP contribution in [0.5, 0.6) is 0 Å². The van der Waals surface area contributed by atoms with Gasteiger partial charge in [0.25, 0.3) is 0 Å². The van der Waals surface area contributed by atoms with E-state index < -0.39 is 5.41 Å². The molecule has 0 radical (unpaired) electrons. The van der Waals surface area contributed by atoms with E-state index in [9.17, 15) is 9.59 Å². The third-order valence-corrected chi connectivity index (χ3v) is 6.64. The smallest absolute Gasteiger partial charge is 0.228 e. The summed E-state index contributed by atoms with van der Waals surface area (Å²) < 4.78 is 1.89. The summed E-state index contributed by atoms with van der Waals surface area (Å²) in [6.45, 7) is 5.05. The van der Waals surface area contributed by atoms with E-state index in [0.29, 0.717) is 38.9 Å². The van der Waals surface area contributed by atoms with E-state index in [2.05, 4.69) is 28.4 Å². The molecule has 4 rings (SSSR count). The first-order valence-electron chi connectivity index (χ1n) is 11.2. The van der Waals surface area contributed by atoms with E-state index >= 15 is 0 Å². The summed E-state index contributed by atoms with van der Waals surface area (Å²) in [6.07, 6.45) is 6.03. The summed E-state index contributed by atoms with van der Waals surface area (Å²) >= 11 is 0. The average Bonchev–Trinajstić information content (AvgIpc) is 3.41. The Hall–Kier alpha value is -3.16. The molecule has 3 heterocycles. The molecule has 2 amide bonds. The molecule has 2 unspecified atom stereocenters. The van der Waals surface area contributed by atoms with E-state index in [-0.39, 0.29) is 17.9 Å². The number of carbonyl (C=O) groups is 2. The highest BCUT2D eigenvalue weighted by molar-refractivity contribution is 6.02. The summed E-state index contributed by atoms with van der Waals surface area (Å²) in [5.41, 5.74) is 2.43. The molecule has 170 valence electrons. The van der Waals surface area contributed by atoms with Gasteiger partial charge in [-0.1, -0.05) is 29.4 Å². The molecule has 1 aromatic carbocycles. The molecule has 1 saturated heterocycles. The van der Waals surface area contributed by atoms with Gasteiger partial charge in [0.1, 0.15) is 11.9 Å². The van der Waals surface area contributed by atoms with Crippen molar-refractivity contribution in [2.75, 3.05) is 13.1 Å². The highest BCUT2D eigenvalue weighted by Gasteiger charge is 2.46. The molecule has 32 heavy (non-hydrogen) atoms. The maximum atomic E-state index is 13.5. The van der Waals surface area contributed by atoms with E-state index in [0.717, 1.165) is 29.1 Å². The van der Waals surface area contributed by atoms with E-state index in [1.54, 1.807) is 18.0 Å². The predicted molar refractivity (Wildman–Crippen MR) is 121 cm³/mol. The number of likely N-dealkylation sites (tertiary alicyclic amines) is 1. The van der Waals surface area contributed by atoms with Gasteiger partial charge in [0.15, 0.2) is 0 Å². The topological polar surface area (TPSA) is 88.8 Å². The van der Waals surface area contributed by atoms with Crippen molar-refractivity contribution in [2.45, 2.75) is 52.2 Å². The summed E-state index contributed by atoms with van der Waals surface area (Å²) in [6, 6.07) is 8.11. The quantitative estimate of drug-likeness (QED) is 0.752. The van der Waals surface area contributed by atoms with Crippen molar-refractivity contribution in [2.24, 2.45) is 17.6 Å². The van der Waals surface area contributed by atoms with Crippen LogP contribution in [0.2, 0.25) is 0 Å². The lowest BCUT2D eigenvalue weighted by molar-refractivity contribution is -0.143. The van der Waals surface area contributed by atoms with Crippen molar-refractivity contribution in [1.82, 2.24) is 19.8 Å². The van der Waals surface area contributed by atoms with Gasteiger partial charge in [-0.25, -0.2) is 4.98 Å². The second-order valence-corrected chi connectivity index (χ2v) is 8.95. The Balaban J connectivity index is 1.50. The van der Waals surface area contributed by atoms with Crippen LogP contribution in [0.4, 0.5) is 0 Å². The monoisotopic (exact) mass is 437 g/mol. The number of oxime groups is 1. The molecule has 0 spiro atoms. The third-order valence-electron chi connectivity index (χ3n) is 6.64. The zero-order chi connectivity index (χ0) is 22.7. The van der Waals surface area contributed by atoms with E-state index in [1.807, 2.05) is 36.0 Å². The molecular weight excluding hydrogens is 406 g/mol. The Morgan fingerprint density at radius 3 is 2.84 bits per heavy atom. The highest BCUT2D eigenvalue weighted by Crippen LogP contribution is 2.38. The van der Waals surface area contributed by atoms with Gasteiger partial charge in [-0.05, 0) is 25.3 Å². The predicted octanol–water partition coefficient (Wildman–Crippen LogP) is 2.56. The Labute approximate surface area is 188 Å². The minimum absolute atomic E-state index is 0.00448. The fourth-order valence-electron chi connectivity index (χ4n) is 4.79. The fourth-order valence-corrected chi connectivity index (χ4v) is 4.79. The van der Waals surface area contributed by atoms with Gasteiger partial charge in [-0.3, -0.25) is 9.59 Å². The first kappa shape index (κ1) is 22.0. The van der Waals surface area contributed by atoms with Gasteiger partial charge in [-0.2, -0.15) is 0 Å². The molecule has 1 N–H and O–H groups in total. The summed E-state index contributed by atoms with van der Waals surface area (Å²) in [5, 5.41) is 7.42. The molecule has 8 heteroatoms. The van der Waals surface area contributed by atoms with Gasteiger partial charge in [-0.15, -0.1) is 0 Å². The zero-order valence-electron chi connectivity index (χ0n) is 19.0. The number of nitrogens with zero attached hydrogens (tertiary/aromatic N) is 4. The number of aryl methyl sites for hydroxylation is 2. The minimum atomic E-state index is -0.712. The number of rotatable bonds is 6. The number of benzene rings is 1. The van der Waals surface area contributed by atoms with Gasteiger partial charge < -0.3 is 19.6 Å². The lowest BCUT2D eigenvalue weighted by Crippen LogP contribution is -2.54. The van der Waals surface area contributed by atoms with Crippen LogP contribution in [0, 0.1) is 12.3 Å². The average molecular weight is 438 g/mol. The first-order chi connectivity index (χ1) is 15.4. The van der Waals surface area contributed by atoms with E-state index in [1.165, 1.54) is 0 Å². The molecule has 1 aromatic heterocycles. The molecular formula is C24H31N5O3. The van der Waals surface area contributed by atoms with E-state index in [4.69, 9.17) is 4.84 Å². The van der Waals surface area contributed by atoms with Gasteiger partial charge in [0.05, 0.1) is 17.7 Å².